The van der Waals surface area contributed by atoms with Crippen LogP contribution in [0.3, 0.4) is 0 Å². The van der Waals surface area contributed by atoms with Crippen molar-refractivity contribution in [3.05, 3.63) is 34.5 Å². The average Bonchev–Trinajstić information content (AvgIpc) is 2.73. The number of alkyl halides is 3. The van der Waals surface area contributed by atoms with Gasteiger partial charge >= 0.3 is 6.18 Å². The molecule has 1 aliphatic heterocycles. The van der Waals surface area contributed by atoms with Crippen LogP contribution >= 0.6 is 0 Å². The number of imidazole rings is 1. The Morgan fingerprint density at radius 2 is 2.04 bits per heavy atom. The topological polar surface area (TPSA) is 51.3 Å². The van der Waals surface area contributed by atoms with Crippen LogP contribution < -0.4 is 10.9 Å². The summed E-state index contributed by atoms with van der Waals surface area (Å²) < 4.78 is 40.0. The summed E-state index contributed by atoms with van der Waals surface area (Å²) >= 11 is 0. The van der Waals surface area contributed by atoms with E-state index in [4.69, 9.17) is 0 Å². The summed E-state index contributed by atoms with van der Waals surface area (Å²) in [5.74, 6) is 0.529. The third-order valence-corrected chi connectivity index (χ3v) is 4.93. The van der Waals surface area contributed by atoms with E-state index in [9.17, 15) is 18.0 Å². The lowest BCUT2D eigenvalue weighted by Gasteiger charge is -2.54. The van der Waals surface area contributed by atoms with E-state index in [-0.39, 0.29) is 11.3 Å². The highest BCUT2D eigenvalue weighted by Crippen LogP contribution is 2.49. The third kappa shape index (κ3) is 2.65. The van der Waals surface area contributed by atoms with Crippen LogP contribution in [-0.4, -0.2) is 33.2 Å². The minimum atomic E-state index is -4.34. The van der Waals surface area contributed by atoms with Crippen LogP contribution in [0.5, 0.6) is 0 Å². The molecule has 124 valence electrons. The SMILES string of the molecule is O=c1cc(CC2CC3(CNC3)C2)nc2n(CC(F)(F)F)ccn12. The number of hydrogen-bond donors (Lipinski definition) is 1. The Balaban J connectivity index is 1.58. The molecule has 1 N–H and O–H groups in total. The summed E-state index contributed by atoms with van der Waals surface area (Å²) in [6, 6.07) is 1.44. The number of rotatable bonds is 3. The van der Waals surface area contributed by atoms with E-state index in [1.165, 1.54) is 18.5 Å². The van der Waals surface area contributed by atoms with Crippen molar-refractivity contribution in [1.29, 1.82) is 0 Å². The zero-order chi connectivity index (χ0) is 16.2. The molecule has 0 atom stereocenters. The zero-order valence-electron chi connectivity index (χ0n) is 12.4. The van der Waals surface area contributed by atoms with Crippen LogP contribution in [-0.2, 0) is 13.0 Å². The average molecular weight is 326 g/mol. The molecule has 1 saturated carbocycles. The molecule has 2 aromatic rings. The van der Waals surface area contributed by atoms with Gasteiger partial charge in [-0.2, -0.15) is 13.2 Å². The van der Waals surface area contributed by atoms with Crippen molar-refractivity contribution in [3.63, 3.8) is 0 Å². The van der Waals surface area contributed by atoms with Crippen LogP contribution in [0.2, 0.25) is 0 Å². The summed E-state index contributed by atoms with van der Waals surface area (Å²) in [5, 5.41) is 3.27. The molecule has 0 aromatic carbocycles. The molecule has 2 fully saturated rings. The fraction of sp³-hybridized carbons (Fsp3) is 0.600. The van der Waals surface area contributed by atoms with Gasteiger partial charge in [0.05, 0.1) is 5.69 Å². The van der Waals surface area contributed by atoms with E-state index in [1.807, 2.05) is 0 Å². The summed E-state index contributed by atoms with van der Waals surface area (Å²) in [5.41, 5.74) is 0.690. The fourth-order valence-electron chi connectivity index (χ4n) is 3.88. The Labute approximate surface area is 130 Å². The Morgan fingerprint density at radius 3 is 2.65 bits per heavy atom. The van der Waals surface area contributed by atoms with Gasteiger partial charge in [0.1, 0.15) is 6.54 Å². The van der Waals surface area contributed by atoms with Gasteiger partial charge in [-0.15, -0.1) is 0 Å². The molecule has 4 rings (SSSR count). The summed E-state index contributed by atoms with van der Waals surface area (Å²) in [6.45, 7) is 0.956. The van der Waals surface area contributed by atoms with Gasteiger partial charge in [0.15, 0.2) is 0 Å². The van der Waals surface area contributed by atoms with Crippen LogP contribution in [0.1, 0.15) is 18.5 Å². The quantitative estimate of drug-likeness (QED) is 0.932. The minimum Gasteiger partial charge on any atom is -0.316 e. The molecule has 5 nitrogen and oxygen atoms in total. The molecule has 1 saturated heterocycles. The lowest BCUT2D eigenvalue weighted by Crippen LogP contribution is -2.60. The smallest absolute Gasteiger partial charge is 0.316 e. The maximum atomic E-state index is 12.6. The molecule has 0 amide bonds. The van der Waals surface area contributed by atoms with Gasteiger partial charge in [0.2, 0.25) is 5.78 Å². The number of aromatic nitrogens is 3. The first kappa shape index (κ1) is 14.7. The molecule has 8 heteroatoms. The Bertz CT molecular complexity index is 795. The maximum absolute atomic E-state index is 12.6. The summed E-state index contributed by atoms with van der Waals surface area (Å²) in [6.07, 6.45) is 1.10. The molecule has 3 heterocycles. The van der Waals surface area contributed by atoms with Gasteiger partial charge in [-0.1, -0.05) is 0 Å². The number of nitrogens with one attached hydrogen (secondary N) is 1. The van der Waals surface area contributed by atoms with Crippen LogP contribution in [0.25, 0.3) is 5.78 Å². The molecule has 1 aliphatic carbocycles. The molecular weight excluding hydrogens is 309 g/mol. The van der Waals surface area contributed by atoms with E-state index in [2.05, 4.69) is 10.3 Å². The third-order valence-electron chi connectivity index (χ3n) is 4.93. The van der Waals surface area contributed by atoms with Gasteiger partial charge in [-0.3, -0.25) is 9.20 Å². The molecular formula is C15H17F3N4O. The molecule has 0 unspecified atom stereocenters. The number of fused-ring (bicyclic) bond motifs is 1. The number of nitrogens with zero attached hydrogens (tertiary/aromatic N) is 3. The lowest BCUT2D eigenvalue weighted by molar-refractivity contribution is -0.140. The van der Waals surface area contributed by atoms with Crippen LogP contribution in [0, 0.1) is 11.3 Å². The van der Waals surface area contributed by atoms with Crippen molar-refractivity contribution >= 4 is 5.78 Å². The summed E-state index contributed by atoms with van der Waals surface area (Å²) in [4.78, 5) is 16.4. The second-order valence-corrected chi connectivity index (χ2v) is 6.88. The maximum Gasteiger partial charge on any atom is 0.406 e. The second kappa shape index (κ2) is 4.83. The first-order valence-electron chi connectivity index (χ1n) is 7.69. The molecule has 23 heavy (non-hydrogen) atoms. The van der Waals surface area contributed by atoms with Gasteiger partial charge in [0, 0.05) is 31.5 Å². The van der Waals surface area contributed by atoms with E-state index in [0.29, 0.717) is 23.4 Å². The highest BCUT2D eigenvalue weighted by molar-refractivity contribution is 5.32. The van der Waals surface area contributed by atoms with Crippen molar-refractivity contribution in [2.24, 2.45) is 11.3 Å². The Morgan fingerprint density at radius 1 is 1.30 bits per heavy atom. The number of halogens is 3. The number of hydrogen-bond acceptors (Lipinski definition) is 3. The second-order valence-electron chi connectivity index (χ2n) is 6.88. The first-order valence-corrected chi connectivity index (χ1v) is 7.69. The minimum absolute atomic E-state index is 0.0594. The van der Waals surface area contributed by atoms with E-state index < -0.39 is 12.7 Å². The van der Waals surface area contributed by atoms with Crippen molar-refractivity contribution in [2.75, 3.05) is 13.1 Å². The molecule has 2 aliphatic rings. The van der Waals surface area contributed by atoms with Crippen molar-refractivity contribution in [3.8, 4) is 0 Å². The lowest BCUT2D eigenvalue weighted by atomic mass is 9.57. The van der Waals surface area contributed by atoms with Gasteiger partial charge < -0.3 is 9.88 Å². The molecule has 0 bridgehead atoms. The largest absolute Gasteiger partial charge is 0.406 e. The molecule has 2 aromatic heterocycles. The zero-order valence-corrected chi connectivity index (χ0v) is 12.4. The molecule has 0 radical (unpaired) electrons. The highest BCUT2D eigenvalue weighted by atomic mass is 19.4. The van der Waals surface area contributed by atoms with Crippen LogP contribution in [0.15, 0.2) is 23.3 Å². The Hall–Kier alpha value is -1.83. The van der Waals surface area contributed by atoms with Gasteiger partial charge in [0.25, 0.3) is 5.56 Å². The van der Waals surface area contributed by atoms with Crippen LogP contribution in [0.4, 0.5) is 13.2 Å². The van der Waals surface area contributed by atoms with Crippen molar-refractivity contribution in [1.82, 2.24) is 19.3 Å². The predicted molar refractivity (Wildman–Crippen MR) is 77.2 cm³/mol. The predicted octanol–water partition coefficient (Wildman–Crippen LogP) is 1.60. The van der Waals surface area contributed by atoms with E-state index in [0.717, 1.165) is 34.9 Å². The highest BCUT2D eigenvalue weighted by Gasteiger charge is 2.48. The van der Waals surface area contributed by atoms with Crippen molar-refractivity contribution < 1.29 is 13.2 Å². The van der Waals surface area contributed by atoms with Gasteiger partial charge in [-0.25, -0.2) is 4.98 Å². The Kier molecular flexibility index (Phi) is 3.10. The van der Waals surface area contributed by atoms with E-state index in [1.54, 1.807) is 0 Å². The molecule has 1 spiro atoms. The van der Waals surface area contributed by atoms with Crippen molar-refractivity contribution in [2.45, 2.75) is 32.0 Å². The van der Waals surface area contributed by atoms with E-state index >= 15 is 0 Å². The summed E-state index contributed by atoms with van der Waals surface area (Å²) in [7, 11) is 0. The monoisotopic (exact) mass is 326 g/mol. The standard InChI is InChI=1S/C15H17F3N4O/c16-15(17,18)9-21-1-2-22-12(23)4-11(20-13(21)22)3-10-5-14(6-10)7-19-8-14/h1-2,4,10,19H,3,5-9H2. The fourth-order valence-corrected chi connectivity index (χ4v) is 3.88. The first-order chi connectivity index (χ1) is 10.8. The van der Waals surface area contributed by atoms with Gasteiger partial charge in [-0.05, 0) is 30.6 Å². The normalized spacial score (nSPS) is 20.7.